The van der Waals surface area contributed by atoms with Crippen molar-refractivity contribution in [1.82, 2.24) is 19.7 Å². The van der Waals surface area contributed by atoms with E-state index in [9.17, 15) is 12.8 Å². The van der Waals surface area contributed by atoms with E-state index < -0.39 is 9.84 Å². The molecule has 0 spiro atoms. The van der Waals surface area contributed by atoms with Gasteiger partial charge in [0.05, 0.1) is 23.0 Å². The summed E-state index contributed by atoms with van der Waals surface area (Å²) in [6.45, 7) is 0.243. The van der Waals surface area contributed by atoms with E-state index in [1.165, 1.54) is 24.7 Å². The second-order valence-corrected chi connectivity index (χ2v) is 7.31. The summed E-state index contributed by atoms with van der Waals surface area (Å²) in [4.78, 5) is 8.31. The van der Waals surface area contributed by atoms with Crippen molar-refractivity contribution in [2.75, 3.05) is 23.9 Å². The third kappa shape index (κ3) is 3.45. The lowest BCUT2D eigenvalue weighted by Gasteiger charge is -2.06. The molecule has 3 aromatic rings. The van der Waals surface area contributed by atoms with Crippen molar-refractivity contribution in [2.45, 2.75) is 0 Å². The number of hydrogen-bond acceptors (Lipinski definition) is 6. The molecular formula is C14H14FN5O2S. The molecule has 0 bridgehead atoms. The molecule has 120 valence electrons. The average Bonchev–Trinajstić information content (AvgIpc) is 2.92. The monoisotopic (exact) mass is 335 g/mol. The molecule has 7 nitrogen and oxygen atoms in total. The minimum atomic E-state index is -3.05. The lowest BCUT2D eigenvalue weighted by molar-refractivity contribution is 0.602. The first-order valence-corrected chi connectivity index (χ1v) is 8.86. The second kappa shape index (κ2) is 5.92. The Labute approximate surface area is 132 Å². The molecule has 23 heavy (non-hydrogen) atoms. The Morgan fingerprint density at radius 2 is 1.96 bits per heavy atom. The van der Waals surface area contributed by atoms with Crippen molar-refractivity contribution < 1.29 is 12.8 Å². The quantitative estimate of drug-likeness (QED) is 0.758. The number of anilines is 1. The number of nitrogens with zero attached hydrogens (tertiary/aromatic N) is 4. The van der Waals surface area contributed by atoms with Crippen LogP contribution in [0.3, 0.4) is 0 Å². The standard InChI is InChI=1S/C14H14FN5O2S/c1-23(21,22)7-6-16-13-12-8-19-20(14(12)18-9-17-13)11-4-2-10(15)3-5-11/h2-5,8-9H,6-7H2,1H3,(H,16,17,18). The molecule has 2 aromatic heterocycles. The number of benzene rings is 1. The fourth-order valence-corrected chi connectivity index (χ4v) is 2.58. The van der Waals surface area contributed by atoms with Crippen LogP contribution in [0.25, 0.3) is 16.7 Å². The lowest BCUT2D eigenvalue weighted by atomic mass is 10.3. The summed E-state index contributed by atoms with van der Waals surface area (Å²) in [6.07, 6.45) is 4.13. The molecule has 0 aliphatic heterocycles. The predicted molar refractivity (Wildman–Crippen MR) is 84.8 cm³/mol. The summed E-state index contributed by atoms with van der Waals surface area (Å²) in [7, 11) is -3.05. The van der Waals surface area contributed by atoms with Gasteiger partial charge in [-0.1, -0.05) is 0 Å². The highest BCUT2D eigenvalue weighted by Gasteiger charge is 2.11. The molecule has 1 N–H and O–H groups in total. The molecular weight excluding hydrogens is 321 g/mol. The molecule has 3 rings (SSSR count). The minimum Gasteiger partial charge on any atom is -0.368 e. The summed E-state index contributed by atoms with van der Waals surface area (Å²) in [6, 6.07) is 5.88. The van der Waals surface area contributed by atoms with Crippen LogP contribution in [0.15, 0.2) is 36.8 Å². The van der Waals surface area contributed by atoms with E-state index in [-0.39, 0.29) is 18.1 Å². The van der Waals surface area contributed by atoms with Gasteiger partial charge in [0.15, 0.2) is 5.65 Å². The molecule has 0 aliphatic carbocycles. The average molecular weight is 335 g/mol. The molecule has 0 fully saturated rings. The van der Waals surface area contributed by atoms with Crippen LogP contribution in [0.4, 0.5) is 10.2 Å². The molecule has 0 atom stereocenters. The van der Waals surface area contributed by atoms with Crippen LogP contribution in [-0.2, 0) is 9.84 Å². The Bertz CT molecular complexity index is 937. The van der Waals surface area contributed by atoms with Gasteiger partial charge >= 0.3 is 0 Å². The Balaban J connectivity index is 1.92. The maximum absolute atomic E-state index is 13.0. The zero-order valence-corrected chi connectivity index (χ0v) is 13.1. The lowest BCUT2D eigenvalue weighted by Crippen LogP contribution is -2.15. The van der Waals surface area contributed by atoms with Gasteiger partial charge in [0.2, 0.25) is 0 Å². The third-order valence-corrected chi connectivity index (χ3v) is 4.15. The van der Waals surface area contributed by atoms with E-state index in [2.05, 4.69) is 20.4 Å². The van der Waals surface area contributed by atoms with E-state index in [1.54, 1.807) is 23.0 Å². The van der Waals surface area contributed by atoms with Crippen molar-refractivity contribution in [3.63, 3.8) is 0 Å². The van der Waals surface area contributed by atoms with Gasteiger partial charge in [-0.25, -0.2) is 27.5 Å². The first kappa shape index (κ1) is 15.3. The third-order valence-electron chi connectivity index (χ3n) is 3.20. The van der Waals surface area contributed by atoms with E-state index >= 15 is 0 Å². The fourth-order valence-electron chi connectivity index (χ4n) is 2.11. The first-order chi connectivity index (χ1) is 10.9. The zero-order chi connectivity index (χ0) is 16.4. The van der Waals surface area contributed by atoms with Gasteiger partial charge in [-0.05, 0) is 24.3 Å². The van der Waals surface area contributed by atoms with Gasteiger partial charge in [-0.2, -0.15) is 5.10 Å². The fraction of sp³-hybridized carbons (Fsp3) is 0.214. The molecule has 0 radical (unpaired) electrons. The van der Waals surface area contributed by atoms with Gasteiger partial charge in [0.25, 0.3) is 0 Å². The van der Waals surface area contributed by atoms with Crippen molar-refractivity contribution in [1.29, 1.82) is 0 Å². The number of rotatable bonds is 5. The molecule has 9 heteroatoms. The van der Waals surface area contributed by atoms with Crippen LogP contribution in [0.5, 0.6) is 0 Å². The molecule has 0 amide bonds. The van der Waals surface area contributed by atoms with Gasteiger partial charge in [-0.15, -0.1) is 0 Å². The molecule has 0 saturated heterocycles. The van der Waals surface area contributed by atoms with Crippen molar-refractivity contribution >= 4 is 26.7 Å². The van der Waals surface area contributed by atoms with E-state index in [1.807, 2.05) is 0 Å². The van der Waals surface area contributed by atoms with Gasteiger partial charge in [0.1, 0.15) is 27.8 Å². The normalized spacial score (nSPS) is 11.7. The van der Waals surface area contributed by atoms with Crippen molar-refractivity contribution in [2.24, 2.45) is 0 Å². The SMILES string of the molecule is CS(=O)(=O)CCNc1ncnc2c1cnn2-c1ccc(F)cc1. The minimum absolute atomic E-state index is 0.00456. The second-order valence-electron chi connectivity index (χ2n) is 5.05. The summed E-state index contributed by atoms with van der Waals surface area (Å²) in [5.74, 6) is 0.180. The predicted octanol–water partition coefficient (Wildman–Crippen LogP) is 1.41. The molecule has 0 aliphatic rings. The highest BCUT2D eigenvalue weighted by atomic mass is 32.2. The Kier molecular flexibility index (Phi) is 3.95. The molecule has 0 saturated carbocycles. The number of aromatic nitrogens is 4. The van der Waals surface area contributed by atoms with E-state index in [0.29, 0.717) is 22.5 Å². The number of fused-ring (bicyclic) bond motifs is 1. The number of sulfone groups is 1. The topological polar surface area (TPSA) is 89.8 Å². The largest absolute Gasteiger partial charge is 0.368 e. The molecule has 2 heterocycles. The van der Waals surface area contributed by atoms with E-state index in [4.69, 9.17) is 0 Å². The maximum atomic E-state index is 13.0. The highest BCUT2D eigenvalue weighted by Crippen LogP contribution is 2.21. The van der Waals surface area contributed by atoms with Crippen LogP contribution in [0.1, 0.15) is 0 Å². The number of halogens is 1. The van der Waals surface area contributed by atoms with E-state index in [0.717, 1.165) is 0 Å². The van der Waals surface area contributed by atoms with Crippen LogP contribution < -0.4 is 5.32 Å². The maximum Gasteiger partial charge on any atom is 0.168 e. The zero-order valence-electron chi connectivity index (χ0n) is 12.3. The summed E-state index contributed by atoms with van der Waals surface area (Å²) in [5, 5.41) is 7.88. The van der Waals surface area contributed by atoms with Crippen LogP contribution >= 0.6 is 0 Å². The van der Waals surface area contributed by atoms with Crippen LogP contribution in [0.2, 0.25) is 0 Å². The summed E-state index contributed by atoms with van der Waals surface area (Å²) < 4.78 is 37.0. The van der Waals surface area contributed by atoms with Crippen LogP contribution in [0, 0.1) is 5.82 Å². The first-order valence-electron chi connectivity index (χ1n) is 6.80. The molecule has 1 aromatic carbocycles. The summed E-state index contributed by atoms with van der Waals surface area (Å²) in [5.41, 5.74) is 1.22. The van der Waals surface area contributed by atoms with Crippen molar-refractivity contribution in [3.8, 4) is 5.69 Å². The van der Waals surface area contributed by atoms with Crippen LogP contribution in [-0.4, -0.2) is 46.7 Å². The highest BCUT2D eigenvalue weighted by molar-refractivity contribution is 7.90. The molecule has 0 unspecified atom stereocenters. The van der Waals surface area contributed by atoms with Gasteiger partial charge in [-0.3, -0.25) is 0 Å². The van der Waals surface area contributed by atoms with Crippen molar-refractivity contribution in [3.05, 3.63) is 42.6 Å². The summed E-state index contributed by atoms with van der Waals surface area (Å²) >= 11 is 0. The Hall–Kier alpha value is -2.55. The van der Waals surface area contributed by atoms with Gasteiger partial charge < -0.3 is 5.32 Å². The Morgan fingerprint density at radius 3 is 2.65 bits per heavy atom. The number of hydrogen-bond donors (Lipinski definition) is 1. The smallest absolute Gasteiger partial charge is 0.168 e. The Morgan fingerprint density at radius 1 is 1.22 bits per heavy atom. The van der Waals surface area contributed by atoms with Gasteiger partial charge in [0, 0.05) is 12.8 Å². The number of nitrogens with one attached hydrogen (secondary N) is 1.